The Bertz CT molecular complexity index is 386. The lowest BCUT2D eigenvalue weighted by Crippen LogP contribution is -2.16. The fourth-order valence-electron chi connectivity index (χ4n) is 1.70. The predicted molar refractivity (Wildman–Crippen MR) is 66.3 cm³/mol. The number of benzene rings is 1. The Labute approximate surface area is 97.6 Å². The molecule has 88 valence electrons. The second kappa shape index (κ2) is 4.69. The number of carbonyl (C=O) groups is 1. The number of Topliss-reactive ketones (excluding diaryl/α,β-unsaturated/α-hetero) is 1. The van der Waals surface area contributed by atoms with Crippen molar-refractivity contribution in [1.29, 1.82) is 0 Å². The summed E-state index contributed by atoms with van der Waals surface area (Å²) in [6.45, 7) is 8.20. The fraction of sp³-hybridized carbons (Fsp3) is 0.500. The molecule has 0 unspecified atom stereocenters. The zero-order valence-corrected chi connectivity index (χ0v) is 10.8. The lowest BCUT2D eigenvalue weighted by molar-refractivity contribution is 0.0986. The highest BCUT2D eigenvalue weighted by Gasteiger charge is 2.21. The molecule has 0 radical (unpaired) electrons. The van der Waals surface area contributed by atoms with Crippen LogP contribution in [0.5, 0.6) is 5.75 Å². The molecule has 0 atom stereocenters. The highest BCUT2D eigenvalue weighted by Crippen LogP contribution is 2.30. The molecule has 0 saturated heterocycles. The molecule has 16 heavy (non-hydrogen) atoms. The first-order valence-corrected chi connectivity index (χ1v) is 5.62. The molecule has 0 heterocycles. The smallest absolute Gasteiger partial charge is 0.162 e. The van der Waals surface area contributed by atoms with E-state index in [1.807, 2.05) is 25.1 Å². The van der Waals surface area contributed by atoms with E-state index in [1.54, 1.807) is 7.11 Å². The average Bonchev–Trinajstić information content (AvgIpc) is 2.26. The minimum atomic E-state index is -0.0469. The predicted octanol–water partition coefficient (Wildman–Crippen LogP) is 3.59. The Morgan fingerprint density at radius 2 is 1.94 bits per heavy atom. The Morgan fingerprint density at radius 1 is 1.31 bits per heavy atom. The first kappa shape index (κ1) is 12.8. The molecule has 2 nitrogen and oxygen atoms in total. The molecule has 0 aliphatic carbocycles. The van der Waals surface area contributed by atoms with Crippen molar-refractivity contribution < 1.29 is 9.53 Å². The van der Waals surface area contributed by atoms with E-state index < -0.39 is 0 Å². The van der Waals surface area contributed by atoms with Crippen LogP contribution in [0.15, 0.2) is 18.2 Å². The summed E-state index contributed by atoms with van der Waals surface area (Å²) in [5, 5.41) is 0. The first-order chi connectivity index (χ1) is 7.40. The molecule has 1 aromatic rings. The molecular formula is C14H20O2. The molecule has 1 rings (SSSR count). The van der Waals surface area contributed by atoms with Gasteiger partial charge in [0.2, 0.25) is 0 Å². The van der Waals surface area contributed by atoms with Crippen LogP contribution in [0.1, 0.15) is 50.0 Å². The molecule has 0 aromatic heterocycles. The largest absolute Gasteiger partial charge is 0.497 e. The lowest BCUT2D eigenvalue weighted by Gasteiger charge is -2.23. The molecular weight excluding hydrogens is 200 g/mol. The third-order valence-electron chi connectivity index (χ3n) is 2.66. The van der Waals surface area contributed by atoms with E-state index in [9.17, 15) is 4.79 Å². The van der Waals surface area contributed by atoms with Crippen LogP contribution in [-0.2, 0) is 5.41 Å². The van der Waals surface area contributed by atoms with Crippen molar-refractivity contribution in [1.82, 2.24) is 0 Å². The van der Waals surface area contributed by atoms with E-state index >= 15 is 0 Å². The maximum absolute atomic E-state index is 11.8. The Morgan fingerprint density at radius 3 is 2.38 bits per heavy atom. The van der Waals surface area contributed by atoms with E-state index in [0.29, 0.717) is 6.42 Å². The zero-order chi connectivity index (χ0) is 12.3. The summed E-state index contributed by atoms with van der Waals surface area (Å²) >= 11 is 0. The van der Waals surface area contributed by atoms with Gasteiger partial charge >= 0.3 is 0 Å². The quantitative estimate of drug-likeness (QED) is 0.728. The molecule has 0 fully saturated rings. The van der Waals surface area contributed by atoms with Crippen molar-refractivity contribution in [2.24, 2.45) is 0 Å². The summed E-state index contributed by atoms with van der Waals surface area (Å²) in [5.74, 6) is 0.991. The maximum atomic E-state index is 11.8. The second-order valence-corrected chi connectivity index (χ2v) is 4.94. The summed E-state index contributed by atoms with van der Waals surface area (Å²) in [7, 11) is 1.64. The number of rotatable bonds is 3. The van der Waals surface area contributed by atoms with E-state index in [4.69, 9.17) is 4.74 Å². The number of carbonyl (C=O) groups excluding carboxylic acids is 1. The van der Waals surface area contributed by atoms with Gasteiger partial charge in [0.05, 0.1) is 7.11 Å². The number of hydrogen-bond acceptors (Lipinski definition) is 2. The third kappa shape index (κ3) is 2.63. The van der Waals surface area contributed by atoms with Gasteiger partial charge in [0.15, 0.2) is 5.78 Å². The van der Waals surface area contributed by atoms with Crippen molar-refractivity contribution in [3.8, 4) is 5.75 Å². The van der Waals surface area contributed by atoms with Crippen LogP contribution in [0.3, 0.4) is 0 Å². The van der Waals surface area contributed by atoms with Crippen LogP contribution < -0.4 is 4.74 Å². The summed E-state index contributed by atoms with van der Waals surface area (Å²) in [5.41, 5.74) is 1.82. The van der Waals surface area contributed by atoms with Gasteiger partial charge in [-0.25, -0.2) is 0 Å². The minimum Gasteiger partial charge on any atom is -0.497 e. The van der Waals surface area contributed by atoms with Crippen LogP contribution in [0.25, 0.3) is 0 Å². The molecule has 0 amide bonds. The van der Waals surface area contributed by atoms with Gasteiger partial charge in [0.1, 0.15) is 5.75 Å². The van der Waals surface area contributed by atoms with Crippen molar-refractivity contribution >= 4 is 5.78 Å². The highest BCUT2D eigenvalue weighted by atomic mass is 16.5. The number of methoxy groups -OCH3 is 1. The van der Waals surface area contributed by atoms with Gasteiger partial charge in [-0.15, -0.1) is 0 Å². The molecule has 0 aliphatic rings. The fourth-order valence-corrected chi connectivity index (χ4v) is 1.70. The van der Waals surface area contributed by atoms with Gasteiger partial charge in [-0.1, -0.05) is 27.7 Å². The Hall–Kier alpha value is -1.31. The SMILES string of the molecule is CCC(=O)c1ccc(OC)cc1C(C)(C)C. The second-order valence-electron chi connectivity index (χ2n) is 4.94. The van der Waals surface area contributed by atoms with Gasteiger partial charge in [-0.2, -0.15) is 0 Å². The Kier molecular flexibility index (Phi) is 3.74. The topological polar surface area (TPSA) is 26.3 Å². The van der Waals surface area contributed by atoms with E-state index in [0.717, 1.165) is 16.9 Å². The molecule has 0 saturated carbocycles. The van der Waals surface area contributed by atoms with Crippen LogP contribution in [0, 0.1) is 0 Å². The van der Waals surface area contributed by atoms with Gasteiger partial charge in [0.25, 0.3) is 0 Å². The van der Waals surface area contributed by atoms with E-state index in [2.05, 4.69) is 20.8 Å². The molecule has 1 aromatic carbocycles. The Balaban J connectivity index is 3.33. The van der Waals surface area contributed by atoms with E-state index in [1.165, 1.54) is 0 Å². The molecule has 0 N–H and O–H groups in total. The van der Waals surface area contributed by atoms with E-state index in [-0.39, 0.29) is 11.2 Å². The normalized spacial score (nSPS) is 11.3. The molecule has 0 spiro atoms. The van der Waals surface area contributed by atoms with Crippen molar-refractivity contribution in [2.75, 3.05) is 7.11 Å². The van der Waals surface area contributed by atoms with Gasteiger partial charge in [0, 0.05) is 12.0 Å². The maximum Gasteiger partial charge on any atom is 0.162 e. The monoisotopic (exact) mass is 220 g/mol. The van der Waals surface area contributed by atoms with Crippen LogP contribution >= 0.6 is 0 Å². The average molecular weight is 220 g/mol. The number of ether oxygens (including phenoxy) is 1. The zero-order valence-electron chi connectivity index (χ0n) is 10.8. The van der Waals surface area contributed by atoms with Gasteiger partial charge < -0.3 is 4.74 Å². The van der Waals surface area contributed by atoms with Crippen LogP contribution in [0.4, 0.5) is 0 Å². The summed E-state index contributed by atoms with van der Waals surface area (Å²) in [6.07, 6.45) is 0.537. The molecule has 0 bridgehead atoms. The van der Waals surface area contributed by atoms with Crippen molar-refractivity contribution in [3.05, 3.63) is 29.3 Å². The summed E-state index contributed by atoms with van der Waals surface area (Å²) < 4.78 is 5.21. The number of hydrogen-bond donors (Lipinski definition) is 0. The van der Waals surface area contributed by atoms with Crippen LogP contribution in [-0.4, -0.2) is 12.9 Å². The van der Waals surface area contributed by atoms with Gasteiger partial charge in [-0.3, -0.25) is 4.79 Å². The first-order valence-electron chi connectivity index (χ1n) is 5.62. The van der Waals surface area contributed by atoms with Crippen molar-refractivity contribution in [2.45, 2.75) is 39.5 Å². The summed E-state index contributed by atoms with van der Waals surface area (Å²) in [6, 6.07) is 5.67. The van der Waals surface area contributed by atoms with Crippen molar-refractivity contribution in [3.63, 3.8) is 0 Å². The lowest BCUT2D eigenvalue weighted by atomic mass is 9.82. The van der Waals surface area contributed by atoms with Gasteiger partial charge in [-0.05, 0) is 29.2 Å². The molecule has 0 aliphatic heterocycles. The summed E-state index contributed by atoms with van der Waals surface area (Å²) in [4.78, 5) is 11.8. The minimum absolute atomic E-state index is 0.0469. The molecule has 2 heteroatoms. The number of ketones is 1. The standard InChI is InChI=1S/C14H20O2/c1-6-13(15)11-8-7-10(16-5)9-12(11)14(2,3)4/h7-9H,6H2,1-5H3. The highest BCUT2D eigenvalue weighted by molar-refractivity contribution is 5.97. The third-order valence-corrected chi connectivity index (χ3v) is 2.66. The van der Waals surface area contributed by atoms with Crippen LogP contribution in [0.2, 0.25) is 0 Å².